The number of aromatic nitrogens is 2. The number of primary amides is 1. The van der Waals surface area contributed by atoms with Crippen molar-refractivity contribution in [1.29, 1.82) is 0 Å². The van der Waals surface area contributed by atoms with Crippen molar-refractivity contribution in [1.82, 2.24) is 15.3 Å². The van der Waals surface area contributed by atoms with Crippen molar-refractivity contribution in [2.75, 3.05) is 0 Å². The predicted octanol–water partition coefficient (Wildman–Crippen LogP) is 2.76. The Balaban J connectivity index is 2.16. The van der Waals surface area contributed by atoms with Crippen LogP contribution in [0.2, 0.25) is 0 Å². The van der Waals surface area contributed by atoms with Crippen molar-refractivity contribution in [3.63, 3.8) is 0 Å². The van der Waals surface area contributed by atoms with E-state index in [9.17, 15) is 14.4 Å². The number of nitrogens with two attached hydrogens (primary N) is 1. The Labute approximate surface area is 173 Å². The first-order valence-corrected chi connectivity index (χ1v) is 10.00. The number of urea groups is 1. The minimum atomic E-state index is -1.14. The van der Waals surface area contributed by atoms with Crippen LogP contribution in [0.5, 0.6) is 0 Å². The largest absolute Gasteiger partial charge is 0.448 e. The predicted molar refractivity (Wildman–Crippen MR) is 109 cm³/mol. The molecule has 0 aliphatic rings. The summed E-state index contributed by atoms with van der Waals surface area (Å²) in [5.74, 6) is -1.30. The molecule has 1 aromatic carbocycles. The molecule has 0 unspecified atom stereocenters. The number of carbonyl (C=O) groups is 3. The molecule has 0 spiro atoms. The van der Waals surface area contributed by atoms with Crippen LogP contribution in [0.3, 0.4) is 0 Å². The summed E-state index contributed by atoms with van der Waals surface area (Å²) in [4.78, 5) is 44.6. The molecular weight excluding hydrogens is 392 g/mol. The van der Waals surface area contributed by atoms with Gasteiger partial charge in [-0.2, -0.15) is 0 Å². The summed E-state index contributed by atoms with van der Waals surface area (Å²) in [6.45, 7) is 7.20. The van der Waals surface area contributed by atoms with Gasteiger partial charge in [0, 0.05) is 17.1 Å². The molecule has 1 heterocycles. The van der Waals surface area contributed by atoms with Gasteiger partial charge in [-0.05, 0) is 37.5 Å². The molecule has 1 atom stereocenters. The summed E-state index contributed by atoms with van der Waals surface area (Å²) in [6.07, 6.45) is -1.14. The zero-order valence-electron chi connectivity index (χ0n) is 16.8. The van der Waals surface area contributed by atoms with Crippen LogP contribution in [0.25, 0.3) is 0 Å². The van der Waals surface area contributed by atoms with Gasteiger partial charge in [0.15, 0.2) is 11.3 Å². The highest BCUT2D eigenvalue weighted by Crippen LogP contribution is 2.23. The third-order valence-electron chi connectivity index (χ3n) is 3.90. The lowest BCUT2D eigenvalue weighted by molar-refractivity contribution is -0.130. The van der Waals surface area contributed by atoms with Crippen molar-refractivity contribution in [2.45, 2.75) is 44.7 Å². The Bertz CT molecular complexity index is 897. The van der Waals surface area contributed by atoms with E-state index in [2.05, 4.69) is 9.97 Å². The second kappa shape index (κ2) is 10.0. The number of nitrogens with zero attached hydrogens (tertiary/aromatic N) is 2. The molecule has 0 radical (unpaired) electrons. The van der Waals surface area contributed by atoms with Gasteiger partial charge >= 0.3 is 12.0 Å². The molecule has 3 N–H and O–H groups in total. The number of ether oxygens (including phenoxy) is 1. The summed E-state index contributed by atoms with van der Waals surface area (Å²) in [5, 5.41) is 2.57. The molecule has 154 valence electrons. The van der Waals surface area contributed by atoms with Crippen LogP contribution in [0.4, 0.5) is 4.79 Å². The van der Waals surface area contributed by atoms with Crippen molar-refractivity contribution < 1.29 is 19.1 Å². The second-order valence-electron chi connectivity index (χ2n) is 6.80. The van der Waals surface area contributed by atoms with Gasteiger partial charge in [0.1, 0.15) is 0 Å². The maximum absolute atomic E-state index is 12.7. The Morgan fingerprint density at radius 3 is 2.34 bits per heavy atom. The molecule has 0 fully saturated rings. The maximum atomic E-state index is 12.7. The molecule has 8 nitrogen and oxygen atoms in total. The van der Waals surface area contributed by atoms with E-state index >= 15 is 0 Å². The van der Waals surface area contributed by atoms with Crippen LogP contribution in [0.15, 0.2) is 35.5 Å². The fourth-order valence-electron chi connectivity index (χ4n) is 2.61. The van der Waals surface area contributed by atoms with Gasteiger partial charge in [-0.15, -0.1) is 0 Å². The van der Waals surface area contributed by atoms with E-state index in [4.69, 9.17) is 10.5 Å². The highest BCUT2D eigenvalue weighted by atomic mass is 32.2. The van der Waals surface area contributed by atoms with Gasteiger partial charge in [-0.1, -0.05) is 43.8 Å². The minimum absolute atomic E-state index is 0.335. The number of thioether (sulfide) groups is 1. The quantitative estimate of drug-likeness (QED) is 0.404. The molecular formula is C20H24N4O4S. The minimum Gasteiger partial charge on any atom is -0.448 e. The Hall–Kier alpha value is -2.94. The second-order valence-corrected chi connectivity index (χ2v) is 7.75. The van der Waals surface area contributed by atoms with Crippen LogP contribution in [-0.2, 0) is 15.3 Å². The average molecular weight is 417 g/mol. The van der Waals surface area contributed by atoms with Gasteiger partial charge in [-0.25, -0.2) is 19.6 Å². The standard InChI is InChI=1S/C20H24N4O4S/c1-11(2)16(17(25)24-19(21)27)28-18(26)15-8-6-5-7-14(15)10-29-20-22-12(3)9-13(4)23-20/h5-9,11,16H,10H2,1-4H3,(H3,21,24,25,27)/t16-/m0/s1. The van der Waals surface area contributed by atoms with Crippen molar-refractivity contribution in [3.05, 3.63) is 52.8 Å². The zero-order chi connectivity index (χ0) is 21.6. The number of aryl methyl sites for hydroxylation is 2. The first kappa shape index (κ1) is 22.4. The number of carbonyl (C=O) groups excluding carboxylic acids is 3. The van der Waals surface area contributed by atoms with Gasteiger partial charge in [0.05, 0.1) is 5.56 Å². The first-order valence-electron chi connectivity index (χ1n) is 9.01. The van der Waals surface area contributed by atoms with Crippen molar-refractivity contribution >= 4 is 29.7 Å². The summed E-state index contributed by atoms with van der Waals surface area (Å²) in [7, 11) is 0. The van der Waals surface area contributed by atoms with Crippen LogP contribution in [0, 0.1) is 19.8 Å². The molecule has 0 aliphatic carbocycles. The van der Waals surface area contributed by atoms with Crippen molar-refractivity contribution in [3.8, 4) is 0 Å². The lowest BCUT2D eigenvalue weighted by atomic mass is 10.1. The lowest BCUT2D eigenvalue weighted by Gasteiger charge is -2.20. The fourth-order valence-corrected chi connectivity index (χ4v) is 3.56. The number of nitrogens with one attached hydrogen (secondary N) is 1. The number of hydrogen-bond donors (Lipinski definition) is 2. The van der Waals surface area contributed by atoms with Crippen LogP contribution >= 0.6 is 11.8 Å². The third-order valence-corrected chi connectivity index (χ3v) is 4.80. The molecule has 29 heavy (non-hydrogen) atoms. The average Bonchev–Trinajstić information content (AvgIpc) is 2.62. The van der Waals surface area contributed by atoms with Gasteiger partial charge < -0.3 is 10.5 Å². The number of benzene rings is 1. The number of rotatable bonds is 7. The number of esters is 1. The normalized spacial score (nSPS) is 11.8. The fraction of sp³-hybridized carbons (Fsp3) is 0.350. The van der Waals surface area contributed by atoms with Gasteiger partial charge in [0.25, 0.3) is 5.91 Å². The molecule has 9 heteroatoms. The first-order chi connectivity index (χ1) is 13.7. The van der Waals surface area contributed by atoms with E-state index in [1.54, 1.807) is 32.0 Å². The molecule has 1 aromatic heterocycles. The molecule has 3 amide bonds. The van der Waals surface area contributed by atoms with Gasteiger partial charge in [0.2, 0.25) is 0 Å². The smallest absolute Gasteiger partial charge is 0.339 e. The van der Waals surface area contributed by atoms with Crippen LogP contribution < -0.4 is 11.1 Å². The Morgan fingerprint density at radius 2 is 1.76 bits per heavy atom. The van der Waals surface area contributed by atoms with Crippen LogP contribution in [-0.4, -0.2) is 34.0 Å². The Kier molecular flexibility index (Phi) is 7.72. The van der Waals surface area contributed by atoms with Gasteiger partial charge in [-0.3, -0.25) is 10.1 Å². The number of hydrogen-bond acceptors (Lipinski definition) is 7. The van der Waals surface area contributed by atoms with E-state index in [-0.39, 0.29) is 5.92 Å². The SMILES string of the molecule is Cc1cc(C)nc(SCc2ccccc2C(=O)O[C@H](C(=O)NC(N)=O)C(C)C)n1. The third kappa shape index (κ3) is 6.56. The molecule has 2 rings (SSSR count). The molecule has 0 aliphatic heterocycles. The highest BCUT2D eigenvalue weighted by molar-refractivity contribution is 7.98. The van der Waals surface area contributed by atoms with E-state index < -0.39 is 24.0 Å². The summed E-state index contributed by atoms with van der Waals surface area (Å²) >= 11 is 1.40. The monoisotopic (exact) mass is 416 g/mol. The topological polar surface area (TPSA) is 124 Å². The summed E-state index contributed by atoms with van der Waals surface area (Å²) in [6, 6.07) is 7.85. The van der Waals surface area contributed by atoms with E-state index in [0.717, 1.165) is 17.0 Å². The molecule has 0 bridgehead atoms. The molecule has 0 saturated heterocycles. The summed E-state index contributed by atoms with van der Waals surface area (Å²) in [5.41, 5.74) is 7.78. The highest BCUT2D eigenvalue weighted by Gasteiger charge is 2.28. The van der Waals surface area contributed by atoms with Crippen molar-refractivity contribution in [2.24, 2.45) is 11.7 Å². The molecule has 0 saturated carbocycles. The van der Waals surface area contributed by atoms with E-state index in [1.807, 2.05) is 31.3 Å². The van der Waals surface area contributed by atoms with Crippen LogP contribution in [0.1, 0.15) is 41.2 Å². The zero-order valence-corrected chi connectivity index (χ0v) is 17.6. The van der Waals surface area contributed by atoms with E-state index in [0.29, 0.717) is 16.5 Å². The number of amides is 3. The Morgan fingerprint density at radius 1 is 1.14 bits per heavy atom. The van der Waals surface area contributed by atoms with E-state index in [1.165, 1.54) is 11.8 Å². The maximum Gasteiger partial charge on any atom is 0.339 e. The number of imide groups is 1. The summed E-state index contributed by atoms with van der Waals surface area (Å²) < 4.78 is 5.39. The molecule has 2 aromatic rings. The lowest BCUT2D eigenvalue weighted by Crippen LogP contribution is -2.45.